The summed E-state index contributed by atoms with van der Waals surface area (Å²) in [6.45, 7) is 10.8. The smallest absolute Gasteiger partial charge is 0.235 e. The molecule has 0 bridgehead atoms. The number of anilines is 1. The van der Waals surface area contributed by atoms with Crippen molar-refractivity contribution in [3.63, 3.8) is 0 Å². The van der Waals surface area contributed by atoms with E-state index in [0.717, 1.165) is 22.4 Å². The van der Waals surface area contributed by atoms with Crippen LogP contribution in [0.3, 0.4) is 0 Å². The first kappa shape index (κ1) is 24.4. The van der Waals surface area contributed by atoms with E-state index < -0.39 is 5.41 Å². The monoisotopic (exact) mass is 507 g/mol. The number of carbonyl (C=O) groups excluding carboxylic acids is 2. The topological polar surface area (TPSA) is 105 Å². The highest BCUT2D eigenvalue weighted by atomic mass is 35.5. The molecule has 0 saturated carbocycles. The molecule has 2 atom stereocenters. The molecule has 2 aliphatic rings. The van der Waals surface area contributed by atoms with Gasteiger partial charge in [0, 0.05) is 29.4 Å². The standard InChI is InChI=1S/C26H30ClN7O2/c1-14(2)28-10-18(16-6-8-17(27)9-7-16)24(35)33-12-20-19(15(33)3)11-34(32-20)23-21-22(29-13-30-23)31-25(36)26(21,4)5/h6-9,11,13-15,18,28H,10,12H2,1-5H3,(H,29,30,31,36)/t15-,18?/m1/s1. The van der Waals surface area contributed by atoms with Crippen LogP contribution in [-0.4, -0.2) is 49.0 Å². The third kappa shape index (κ3) is 4.06. The second kappa shape index (κ2) is 8.97. The maximum atomic E-state index is 13.8. The molecule has 0 aliphatic carbocycles. The van der Waals surface area contributed by atoms with Crippen molar-refractivity contribution in [2.75, 3.05) is 11.9 Å². The van der Waals surface area contributed by atoms with Crippen LogP contribution >= 0.6 is 11.6 Å². The van der Waals surface area contributed by atoms with Crippen molar-refractivity contribution in [1.82, 2.24) is 30.0 Å². The number of carbonyl (C=O) groups is 2. The van der Waals surface area contributed by atoms with E-state index in [-0.39, 0.29) is 29.8 Å². The molecule has 0 spiro atoms. The first-order valence-corrected chi connectivity index (χ1v) is 12.5. The van der Waals surface area contributed by atoms with E-state index in [9.17, 15) is 9.59 Å². The van der Waals surface area contributed by atoms with Gasteiger partial charge < -0.3 is 15.5 Å². The number of nitrogens with one attached hydrogen (secondary N) is 2. The van der Waals surface area contributed by atoms with Crippen molar-refractivity contribution in [3.05, 3.63) is 64.2 Å². The summed E-state index contributed by atoms with van der Waals surface area (Å²) >= 11 is 6.09. The molecule has 4 heterocycles. The molecule has 2 amide bonds. The van der Waals surface area contributed by atoms with Crippen LogP contribution in [0.5, 0.6) is 0 Å². The number of aromatic nitrogens is 4. The molecule has 2 aliphatic heterocycles. The van der Waals surface area contributed by atoms with Crippen molar-refractivity contribution >= 4 is 29.2 Å². The Morgan fingerprint density at radius 2 is 1.97 bits per heavy atom. The highest BCUT2D eigenvalue weighted by molar-refractivity contribution is 6.30. The number of amides is 2. The normalized spacial score (nSPS) is 18.8. The third-order valence-corrected chi connectivity index (χ3v) is 7.37. The van der Waals surface area contributed by atoms with Gasteiger partial charge in [0.05, 0.1) is 35.2 Å². The van der Waals surface area contributed by atoms with Gasteiger partial charge in [-0.1, -0.05) is 37.6 Å². The lowest BCUT2D eigenvalue weighted by Gasteiger charge is -2.28. The zero-order valence-corrected chi connectivity index (χ0v) is 21.8. The van der Waals surface area contributed by atoms with Crippen LogP contribution in [0.1, 0.15) is 69.0 Å². The summed E-state index contributed by atoms with van der Waals surface area (Å²) in [5.41, 5.74) is 2.67. The molecule has 9 nitrogen and oxygen atoms in total. The zero-order chi connectivity index (χ0) is 25.8. The van der Waals surface area contributed by atoms with Crippen molar-refractivity contribution in [2.24, 2.45) is 0 Å². The van der Waals surface area contributed by atoms with E-state index >= 15 is 0 Å². The Morgan fingerprint density at radius 1 is 1.25 bits per heavy atom. The number of nitrogens with zero attached hydrogens (tertiary/aromatic N) is 5. The van der Waals surface area contributed by atoms with Crippen LogP contribution < -0.4 is 10.6 Å². The summed E-state index contributed by atoms with van der Waals surface area (Å²) in [6, 6.07) is 7.57. The van der Waals surface area contributed by atoms with Gasteiger partial charge in [0.15, 0.2) is 5.82 Å². The SMILES string of the molecule is CC(C)NCC(C(=O)N1Cc2nn(-c3ncnc4c3C(C)(C)C(=O)N4)cc2[C@H]1C)c1ccc(Cl)cc1. The van der Waals surface area contributed by atoms with Gasteiger partial charge in [0.25, 0.3) is 0 Å². The Labute approximate surface area is 215 Å². The number of halogens is 1. The van der Waals surface area contributed by atoms with Gasteiger partial charge in [-0.3, -0.25) is 9.59 Å². The summed E-state index contributed by atoms with van der Waals surface area (Å²) in [5.74, 6) is 0.668. The minimum Gasteiger partial charge on any atom is -0.329 e. The quantitative estimate of drug-likeness (QED) is 0.526. The van der Waals surface area contributed by atoms with E-state index in [1.165, 1.54) is 6.33 Å². The van der Waals surface area contributed by atoms with E-state index in [0.29, 0.717) is 29.7 Å². The average Bonchev–Trinajstić information content (AvgIpc) is 3.45. The van der Waals surface area contributed by atoms with Crippen LogP contribution in [0.15, 0.2) is 36.8 Å². The summed E-state index contributed by atoms with van der Waals surface area (Å²) < 4.78 is 1.71. The Hall–Kier alpha value is -3.30. The molecule has 1 aromatic carbocycles. The second-order valence-electron chi connectivity index (χ2n) is 10.3. The fourth-order valence-electron chi connectivity index (χ4n) is 4.93. The highest BCUT2D eigenvalue weighted by Gasteiger charge is 2.43. The molecule has 0 radical (unpaired) electrons. The summed E-state index contributed by atoms with van der Waals surface area (Å²) in [7, 11) is 0. The predicted octanol–water partition coefficient (Wildman–Crippen LogP) is 3.73. The summed E-state index contributed by atoms with van der Waals surface area (Å²) in [4.78, 5) is 36.8. The van der Waals surface area contributed by atoms with Gasteiger partial charge in [0.1, 0.15) is 12.1 Å². The van der Waals surface area contributed by atoms with Gasteiger partial charge >= 0.3 is 0 Å². The molecule has 2 N–H and O–H groups in total. The fourth-order valence-corrected chi connectivity index (χ4v) is 5.06. The number of hydrogen-bond acceptors (Lipinski definition) is 6. The lowest BCUT2D eigenvalue weighted by atomic mass is 9.87. The van der Waals surface area contributed by atoms with Crippen LogP contribution in [0.4, 0.5) is 5.82 Å². The number of rotatable bonds is 6. The molecule has 1 unspecified atom stereocenters. The summed E-state index contributed by atoms with van der Waals surface area (Å²) in [5, 5.41) is 11.7. The van der Waals surface area contributed by atoms with Gasteiger partial charge in [-0.05, 0) is 38.5 Å². The van der Waals surface area contributed by atoms with E-state index in [4.69, 9.17) is 16.7 Å². The van der Waals surface area contributed by atoms with Gasteiger partial charge in [-0.15, -0.1) is 0 Å². The third-order valence-electron chi connectivity index (χ3n) is 7.11. The van der Waals surface area contributed by atoms with Gasteiger partial charge in [-0.2, -0.15) is 5.10 Å². The van der Waals surface area contributed by atoms with Crippen LogP contribution in [0.25, 0.3) is 5.82 Å². The first-order chi connectivity index (χ1) is 17.1. The lowest BCUT2D eigenvalue weighted by molar-refractivity contribution is -0.135. The molecule has 0 fully saturated rings. The van der Waals surface area contributed by atoms with Crippen molar-refractivity contribution in [1.29, 1.82) is 0 Å². The number of hydrogen-bond donors (Lipinski definition) is 2. The van der Waals surface area contributed by atoms with E-state index in [1.54, 1.807) is 4.68 Å². The molecular weight excluding hydrogens is 478 g/mol. The Morgan fingerprint density at radius 3 is 2.64 bits per heavy atom. The second-order valence-corrected chi connectivity index (χ2v) is 10.7. The fraction of sp³-hybridized carbons (Fsp3) is 0.423. The molecule has 0 saturated heterocycles. The van der Waals surface area contributed by atoms with Crippen LogP contribution in [0, 0.1) is 0 Å². The van der Waals surface area contributed by atoms with E-state index in [1.807, 2.05) is 56.1 Å². The molecule has 5 rings (SSSR count). The van der Waals surface area contributed by atoms with E-state index in [2.05, 4.69) is 34.4 Å². The molecule has 2 aromatic heterocycles. The first-order valence-electron chi connectivity index (χ1n) is 12.1. The van der Waals surface area contributed by atoms with Gasteiger partial charge in [0.2, 0.25) is 11.8 Å². The predicted molar refractivity (Wildman–Crippen MR) is 137 cm³/mol. The number of fused-ring (bicyclic) bond motifs is 2. The summed E-state index contributed by atoms with van der Waals surface area (Å²) in [6.07, 6.45) is 3.35. The highest BCUT2D eigenvalue weighted by Crippen LogP contribution is 2.40. The maximum absolute atomic E-state index is 13.8. The van der Waals surface area contributed by atoms with Crippen LogP contribution in [0.2, 0.25) is 5.02 Å². The largest absolute Gasteiger partial charge is 0.329 e. The van der Waals surface area contributed by atoms with Gasteiger partial charge in [-0.25, -0.2) is 14.6 Å². The van der Waals surface area contributed by atoms with Crippen molar-refractivity contribution in [3.8, 4) is 5.82 Å². The minimum atomic E-state index is -0.773. The minimum absolute atomic E-state index is 0.0429. The Kier molecular flexibility index (Phi) is 6.08. The molecular formula is C26H30ClN7O2. The molecule has 36 heavy (non-hydrogen) atoms. The maximum Gasteiger partial charge on any atom is 0.235 e. The molecule has 3 aromatic rings. The van der Waals surface area contributed by atoms with Crippen molar-refractivity contribution in [2.45, 2.75) is 64.6 Å². The average molecular weight is 508 g/mol. The number of benzene rings is 1. The van der Waals surface area contributed by atoms with Crippen LogP contribution in [-0.2, 0) is 21.5 Å². The molecule has 10 heteroatoms. The Balaban J connectivity index is 1.43. The zero-order valence-electron chi connectivity index (χ0n) is 21.0. The van der Waals surface area contributed by atoms with Crippen molar-refractivity contribution < 1.29 is 9.59 Å². The Bertz CT molecular complexity index is 1330. The molecule has 188 valence electrons. The lowest BCUT2D eigenvalue weighted by Crippen LogP contribution is -2.39.